The van der Waals surface area contributed by atoms with Crippen LogP contribution in [0.2, 0.25) is 16.6 Å². The van der Waals surface area contributed by atoms with Crippen LogP contribution in [0.15, 0.2) is 53.6 Å². The van der Waals surface area contributed by atoms with E-state index in [4.69, 9.17) is 4.74 Å². The van der Waals surface area contributed by atoms with Crippen LogP contribution in [0.5, 0.6) is 5.75 Å². The maximum atomic E-state index is 13.5. The number of hydrogen-bond acceptors (Lipinski definition) is 3. The normalized spacial score (nSPS) is 12.5. The second kappa shape index (κ2) is 9.40. The van der Waals surface area contributed by atoms with Crippen molar-refractivity contribution in [1.29, 1.82) is 0 Å². The van der Waals surface area contributed by atoms with Crippen molar-refractivity contribution in [2.24, 2.45) is 0 Å². The first-order chi connectivity index (χ1) is 15.5. The quantitative estimate of drug-likeness (QED) is 0.288. The fourth-order valence-corrected chi connectivity index (χ4v) is 11.7. The number of hydrogen-bond donors (Lipinski definition) is 0. The van der Waals surface area contributed by atoms with E-state index in [0.29, 0.717) is 27.9 Å². The predicted molar refractivity (Wildman–Crippen MR) is 140 cm³/mol. The second-order valence-corrected chi connectivity index (χ2v) is 17.0. The summed E-state index contributed by atoms with van der Waals surface area (Å²) >= 11 is 0. The molecule has 0 saturated heterocycles. The molecule has 1 heterocycles. The zero-order chi connectivity index (χ0) is 24.6. The average Bonchev–Trinajstić information content (AvgIpc) is 3.20. The van der Waals surface area contributed by atoms with Crippen LogP contribution < -0.4 is 4.74 Å². The first kappa shape index (κ1) is 25.1. The molecule has 0 amide bonds. The maximum absolute atomic E-state index is 13.5. The molecule has 0 aliphatic carbocycles. The average molecular weight is 482 g/mol. The Morgan fingerprint density at radius 2 is 1.45 bits per heavy atom. The topological polar surface area (TPSA) is 48.3 Å². The zero-order valence-corrected chi connectivity index (χ0v) is 22.7. The van der Waals surface area contributed by atoms with E-state index in [1.807, 2.05) is 25.1 Å². The molecule has 33 heavy (non-hydrogen) atoms. The van der Waals surface area contributed by atoms with Gasteiger partial charge in [0.25, 0.3) is 10.0 Å². The highest BCUT2D eigenvalue weighted by molar-refractivity contribution is 7.90. The van der Waals surface area contributed by atoms with Crippen molar-refractivity contribution in [3.8, 4) is 17.2 Å². The second-order valence-electron chi connectivity index (χ2n) is 9.65. The smallest absolute Gasteiger partial charge is 0.268 e. The van der Waals surface area contributed by atoms with E-state index in [0.717, 1.165) is 16.5 Å². The van der Waals surface area contributed by atoms with Crippen LogP contribution in [0.25, 0.3) is 10.9 Å². The fraction of sp³-hybridized carbons (Fsp3) is 0.407. The Morgan fingerprint density at radius 3 is 1.97 bits per heavy atom. The van der Waals surface area contributed by atoms with Crippen LogP contribution >= 0.6 is 0 Å². The van der Waals surface area contributed by atoms with Gasteiger partial charge in [-0.15, -0.1) is 5.54 Å². The van der Waals surface area contributed by atoms with E-state index in [1.165, 1.54) is 3.97 Å². The van der Waals surface area contributed by atoms with E-state index < -0.39 is 18.1 Å². The molecular formula is C27H35NO3SSi. The Balaban J connectivity index is 2.25. The van der Waals surface area contributed by atoms with Gasteiger partial charge < -0.3 is 4.74 Å². The third-order valence-electron chi connectivity index (χ3n) is 6.85. The Hall–Kier alpha value is -2.49. The molecule has 3 aromatic rings. The number of rotatable bonds is 6. The van der Waals surface area contributed by atoms with Crippen molar-refractivity contribution in [1.82, 2.24) is 3.97 Å². The SMILES string of the molecule is COc1ccc(C#C[Si](C(C)C)(C(C)C)C(C)C)c2ccn(S(=O)(=O)c3ccc(C)cc3)c12. The summed E-state index contributed by atoms with van der Waals surface area (Å²) in [4.78, 5) is 0.245. The summed E-state index contributed by atoms with van der Waals surface area (Å²) in [5.41, 5.74) is 7.68. The summed E-state index contributed by atoms with van der Waals surface area (Å²) in [5.74, 6) is 3.99. The maximum Gasteiger partial charge on any atom is 0.268 e. The molecule has 0 atom stereocenters. The van der Waals surface area contributed by atoms with Crippen molar-refractivity contribution < 1.29 is 13.2 Å². The van der Waals surface area contributed by atoms with E-state index in [2.05, 4.69) is 53.0 Å². The molecule has 0 saturated carbocycles. The van der Waals surface area contributed by atoms with Crippen molar-refractivity contribution in [2.45, 2.75) is 70.0 Å². The lowest BCUT2D eigenvalue weighted by atomic mass is 10.1. The van der Waals surface area contributed by atoms with Crippen molar-refractivity contribution in [3.05, 3.63) is 59.8 Å². The van der Waals surface area contributed by atoms with Gasteiger partial charge in [0.05, 0.1) is 12.0 Å². The van der Waals surface area contributed by atoms with E-state index in [9.17, 15) is 8.42 Å². The van der Waals surface area contributed by atoms with Crippen LogP contribution in [0.3, 0.4) is 0 Å². The summed E-state index contributed by atoms with van der Waals surface area (Å²) < 4.78 is 33.8. The molecule has 176 valence electrons. The zero-order valence-electron chi connectivity index (χ0n) is 20.9. The van der Waals surface area contributed by atoms with E-state index >= 15 is 0 Å². The minimum Gasteiger partial charge on any atom is -0.495 e. The first-order valence-corrected chi connectivity index (χ1v) is 15.2. The van der Waals surface area contributed by atoms with Gasteiger partial charge in [0.1, 0.15) is 19.3 Å². The molecule has 0 aliphatic heterocycles. The number of ether oxygens (including phenoxy) is 1. The molecule has 0 unspecified atom stereocenters. The monoisotopic (exact) mass is 481 g/mol. The highest BCUT2D eigenvalue weighted by Crippen LogP contribution is 2.41. The minimum absolute atomic E-state index is 0.245. The Bertz CT molecular complexity index is 1290. The van der Waals surface area contributed by atoms with Crippen LogP contribution in [0.1, 0.15) is 52.7 Å². The number of methoxy groups -OCH3 is 1. The van der Waals surface area contributed by atoms with Gasteiger partial charge in [0, 0.05) is 17.1 Å². The third kappa shape index (κ3) is 4.37. The molecule has 3 rings (SSSR count). The Kier molecular flexibility index (Phi) is 7.16. The standard InChI is InChI=1S/C27H35NO3SSi/c1-19(2)33(20(3)4,21(5)6)18-16-23-11-14-26(31-8)27-25(23)15-17-28(27)32(29,30)24-12-9-22(7)10-13-24/h9-15,17,19-21H,1-8H3. The Labute approximate surface area is 200 Å². The van der Waals surface area contributed by atoms with Crippen molar-refractivity contribution in [2.75, 3.05) is 7.11 Å². The van der Waals surface area contributed by atoms with Gasteiger partial charge in [-0.25, -0.2) is 12.4 Å². The molecule has 4 nitrogen and oxygen atoms in total. The summed E-state index contributed by atoms with van der Waals surface area (Å²) in [6.07, 6.45) is 1.60. The van der Waals surface area contributed by atoms with Gasteiger partial charge >= 0.3 is 0 Å². The highest BCUT2D eigenvalue weighted by atomic mass is 32.2. The van der Waals surface area contributed by atoms with Crippen molar-refractivity contribution in [3.63, 3.8) is 0 Å². The Morgan fingerprint density at radius 1 is 0.879 bits per heavy atom. The summed E-state index contributed by atoms with van der Waals surface area (Å²) in [7, 11) is -4.14. The van der Waals surface area contributed by atoms with Crippen LogP contribution in [0, 0.1) is 18.4 Å². The number of aryl methyl sites for hydroxylation is 1. The predicted octanol–water partition coefficient (Wildman–Crippen LogP) is 6.76. The lowest BCUT2D eigenvalue weighted by Gasteiger charge is -2.38. The number of benzene rings is 2. The molecule has 0 bridgehead atoms. The lowest BCUT2D eigenvalue weighted by Crippen LogP contribution is -2.43. The van der Waals surface area contributed by atoms with Gasteiger partial charge in [-0.05, 0) is 53.9 Å². The molecular weight excluding hydrogens is 446 g/mol. The molecule has 0 spiro atoms. The van der Waals surface area contributed by atoms with Gasteiger partial charge in [-0.3, -0.25) is 0 Å². The van der Waals surface area contributed by atoms with Gasteiger partial charge in [0.2, 0.25) is 0 Å². The van der Waals surface area contributed by atoms with Crippen LogP contribution in [-0.2, 0) is 10.0 Å². The molecule has 1 aromatic heterocycles. The third-order valence-corrected chi connectivity index (χ3v) is 14.8. The van der Waals surface area contributed by atoms with Gasteiger partial charge in [-0.1, -0.05) is 65.2 Å². The minimum atomic E-state index is -3.77. The molecule has 6 heteroatoms. The summed E-state index contributed by atoms with van der Waals surface area (Å²) in [6, 6.07) is 12.5. The summed E-state index contributed by atoms with van der Waals surface area (Å²) in [6.45, 7) is 15.7. The highest BCUT2D eigenvalue weighted by Gasteiger charge is 2.41. The van der Waals surface area contributed by atoms with Crippen LogP contribution in [-0.4, -0.2) is 27.6 Å². The first-order valence-electron chi connectivity index (χ1n) is 11.5. The largest absolute Gasteiger partial charge is 0.495 e. The molecule has 0 fully saturated rings. The van der Waals surface area contributed by atoms with E-state index in [1.54, 1.807) is 37.6 Å². The molecule has 0 N–H and O–H groups in total. The number of nitrogens with zero attached hydrogens (tertiary/aromatic N) is 1. The fourth-order valence-electron chi connectivity index (χ4n) is 5.11. The lowest BCUT2D eigenvalue weighted by molar-refractivity contribution is 0.418. The molecule has 2 aromatic carbocycles. The van der Waals surface area contributed by atoms with Crippen LogP contribution in [0.4, 0.5) is 0 Å². The van der Waals surface area contributed by atoms with E-state index in [-0.39, 0.29) is 4.90 Å². The van der Waals surface area contributed by atoms with Crippen molar-refractivity contribution >= 4 is 29.0 Å². The number of fused-ring (bicyclic) bond motifs is 1. The van der Waals surface area contributed by atoms with Gasteiger partial charge in [-0.2, -0.15) is 0 Å². The summed E-state index contributed by atoms with van der Waals surface area (Å²) in [5, 5.41) is 0.789. The number of aromatic nitrogens is 1. The van der Waals surface area contributed by atoms with Gasteiger partial charge in [0.15, 0.2) is 0 Å². The molecule has 0 aliphatic rings. The molecule has 0 radical (unpaired) electrons.